The van der Waals surface area contributed by atoms with Gasteiger partial charge >= 0.3 is 0 Å². The topological polar surface area (TPSA) is 82.1 Å². The van der Waals surface area contributed by atoms with E-state index in [1.54, 1.807) is 31.2 Å². The van der Waals surface area contributed by atoms with Gasteiger partial charge in [0.15, 0.2) is 17.6 Å². The van der Waals surface area contributed by atoms with Crippen molar-refractivity contribution in [1.82, 2.24) is 5.27 Å². The second-order valence-electron chi connectivity index (χ2n) is 5.55. The Hall–Kier alpha value is -2.94. The van der Waals surface area contributed by atoms with Gasteiger partial charge in [-0.3, -0.25) is 4.79 Å². The molecule has 0 spiro atoms. The highest BCUT2D eigenvalue weighted by atomic mass is 32.2. The summed E-state index contributed by atoms with van der Waals surface area (Å²) in [6, 6.07) is 12.0. The minimum atomic E-state index is -1.06. The lowest BCUT2D eigenvalue weighted by Crippen LogP contribution is -2.36. The minimum Gasteiger partial charge on any atom is -0.538 e. The summed E-state index contributed by atoms with van der Waals surface area (Å²) >= 11 is 0.993. The number of nitrogens with one attached hydrogen (secondary N) is 1. The maximum absolute atomic E-state index is 13.3. The lowest BCUT2D eigenvalue weighted by Gasteiger charge is -2.13. The second kappa shape index (κ2) is 8.17. The van der Waals surface area contributed by atoms with E-state index in [0.717, 1.165) is 23.9 Å². The van der Waals surface area contributed by atoms with E-state index in [1.807, 2.05) is 6.07 Å². The summed E-state index contributed by atoms with van der Waals surface area (Å²) in [5.41, 5.74) is 0.739. The average Bonchev–Trinajstić information content (AvgIpc) is 3.03. The van der Waals surface area contributed by atoms with E-state index in [9.17, 15) is 18.7 Å². The average molecular weight is 391 g/mol. The van der Waals surface area contributed by atoms with Crippen LogP contribution in [0.15, 0.2) is 58.1 Å². The number of hydrogen-bond donors (Lipinski definition) is 1. The minimum absolute atomic E-state index is 0.126. The number of carbonyl (C=O) groups is 1. The van der Waals surface area contributed by atoms with Crippen LogP contribution in [0, 0.1) is 11.6 Å². The van der Waals surface area contributed by atoms with Gasteiger partial charge in [-0.25, -0.2) is 8.78 Å². The fourth-order valence-electron chi connectivity index (χ4n) is 2.33. The molecule has 0 aliphatic rings. The zero-order valence-corrected chi connectivity index (χ0v) is 15.0. The quantitative estimate of drug-likeness (QED) is 0.516. The van der Waals surface area contributed by atoms with Crippen molar-refractivity contribution in [3.05, 3.63) is 60.2 Å². The van der Waals surface area contributed by atoms with Crippen molar-refractivity contribution in [1.29, 1.82) is 0 Å². The summed E-state index contributed by atoms with van der Waals surface area (Å²) in [6.07, 6.45) is 0.388. The first kappa shape index (κ1) is 18.8. The van der Waals surface area contributed by atoms with E-state index in [1.165, 1.54) is 10.7 Å². The van der Waals surface area contributed by atoms with E-state index in [-0.39, 0.29) is 10.7 Å². The van der Waals surface area contributed by atoms with Crippen LogP contribution in [0.4, 0.5) is 14.5 Å². The fraction of sp³-hybridized carbons (Fsp3) is 0.167. The molecule has 9 heteroatoms. The fourth-order valence-corrected chi connectivity index (χ4v) is 3.30. The number of carbonyl (C=O) groups excluding carboxylic acids is 1. The van der Waals surface area contributed by atoms with E-state index in [2.05, 4.69) is 10.6 Å². The third-order valence-electron chi connectivity index (χ3n) is 3.68. The van der Waals surface area contributed by atoms with Crippen molar-refractivity contribution in [3.8, 4) is 11.6 Å². The molecular formula is C18H15F2N3O3S. The van der Waals surface area contributed by atoms with E-state index in [4.69, 9.17) is 4.52 Å². The lowest BCUT2D eigenvalue weighted by molar-refractivity contribution is -0.705. The number of amides is 1. The van der Waals surface area contributed by atoms with Gasteiger partial charge in [0.25, 0.3) is 5.03 Å². The Balaban J connectivity index is 1.80. The standard InChI is InChI=1S/C18H15F2N3O3S/c1-2-15(16(24)21-11-8-9-13(19)14(20)10-11)27-17-18(25)26-22-23(17)12-6-4-3-5-7-12/h3-10,15H,2H2,1H3,(H-,21,22,24,25). The number of anilines is 1. The Morgan fingerprint density at radius 2 is 2.00 bits per heavy atom. The first-order valence-electron chi connectivity index (χ1n) is 8.06. The predicted octanol–water partition coefficient (Wildman–Crippen LogP) is 2.81. The zero-order chi connectivity index (χ0) is 19.4. The SMILES string of the molecule is CCC(Sc1c([O-])on[n+]1-c1ccccc1)C(=O)Nc1ccc(F)c(F)c1. The molecule has 2 aromatic carbocycles. The monoisotopic (exact) mass is 391 g/mol. The van der Waals surface area contributed by atoms with Gasteiger partial charge in [-0.15, -0.1) is 0 Å². The molecular weight excluding hydrogens is 376 g/mol. The molecule has 3 rings (SSSR count). The van der Waals surface area contributed by atoms with E-state index >= 15 is 0 Å². The van der Waals surface area contributed by atoms with Crippen LogP contribution >= 0.6 is 11.8 Å². The van der Waals surface area contributed by atoms with Crippen molar-refractivity contribution in [2.24, 2.45) is 0 Å². The third-order valence-corrected chi connectivity index (χ3v) is 5.07. The van der Waals surface area contributed by atoms with E-state index in [0.29, 0.717) is 12.1 Å². The highest BCUT2D eigenvalue weighted by Gasteiger charge is 2.28. The van der Waals surface area contributed by atoms with Gasteiger partial charge in [-0.05, 0) is 35.0 Å². The third kappa shape index (κ3) is 4.25. The molecule has 0 bridgehead atoms. The highest BCUT2D eigenvalue weighted by molar-refractivity contribution is 8.00. The normalized spacial score (nSPS) is 12.0. The van der Waals surface area contributed by atoms with Crippen LogP contribution in [0.25, 0.3) is 5.69 Å². The van der Waals surface area contributed by atoms with Crippen molar-refractivity contribution >= 4 is 23.4 Å². The van der Waals surface area contributed by atoms with Crippen LogP contribution in [0.1, 0.15) is 13.3 Å². The molecule has 1 atom stereocenters. The summed E-state index contributed by atoms with van der Waals surface area (Å²) in [5.74, 6) is -3.17. The Bertz CT molecular complexity index is 950. The summed E-state index contributed by atoms with van der Waals surface area (Å²) in [7, 11) is 0. The van der Waals surface area contributed by atoms with Gasteiger partial charge < -0.3 is 14.9 Å². The smallest absolute Gasteiger partial charge is 0.298 e. The van der Waals surface area contributed by atoms with Crippen LogP contribution in [-0.2, 0) is 4.79 Å². The summed E-state index contributed by atoms with van der Waals surface area (Å²) in [4.78, 5) is 12.5. The number of hydrogen-bond acceptors (Lipinski definition) is 5. The molecule has 0 fully saturated rings. The van der Waals surface area contributed by atoms with Crippen molar-refractivity contribution in [2.75, 3.05) is 5.32 Å². The zero-order valence-electron chi connectivity index (χ0n) is 14.2. The molecule has 140 valence electrons. The van der Waals surface area contributed by atoms with Crippen molar-refractivity contribution < 1.29 is 27.9 Å². The Morgan fingerprint density at radius 1 is 1.26 bits per heavy atom. The first-order valence-corrected chi connectivity index (χ1v) is 8.94. The Labute approximate surface area is 157 Å². The van der Waals surface area contributed by atoms with Crippen LogP contribution < -0.4 is 15.1 Å². The molecule has 1 amide bonds. The largest absolute Gasteiger partial charge is 0.538 e. The molecule has 1 aromatic heterocycles. The number of nitrogens with zero attached hydrogens (tertiary/aromatic N) is 2. The molecule has 3 aromatic rings. The van der Waals surface area contributed by atoms with Gasteiger partial charge in [0.05, 0.1) is 10.5 Å². The lowest BCUT2D eigenvalue weighted by atomic mass is 10.2. The Morgan fingerprint density at radius 3 is 2.67 bits per heavy atom. The van der Waals surface area contributed by atoms with Crippen molar-refractivity contribution in [3.63, 3.8) is 0 Å². The molecule has 6 nitrogen and oxygen atoms in total. The molecule has 0 aliphatic carbocycles. The van der Waals surface area contributed by atoms with Gasteiger partial charge in [-0.2, -0.15) is 0 Å². The number of para-hydroxylation sites is 1. The molecule has 1 N–H and O–H groups in total. The maximum Gasteiger partial charge on any atom is 0.298 e. The van der Waals surface area contributed by atoms with Crippen LogP contribution in [0.2, 0.25) is 0 Å². The number of halogens is 2. The molecule has 1 unspecified atom stereocenters. The van der Waals surface area contributed by atoms with Gasteiger partial charge in [0.2, 0.25) is 11.6 Å². The second-order valence-corrected chi connectivity index (χ2v) is 6.74. The molecule has 0 aliphatic heterocycles. The van der Waals surface area contributed by atoms with Gasteiger partial charge in [0.1, 0.15) is 0 Å². The maximum atomic E-state index is 13.3. The van der Waals surface area contributed by atoms with Gasteiger partial charge in [0, 0.05) is 23.9 Å². The summed E-state index contributed by atoms with van der Waals surface area (Å²) in [5, 5.41) is 17.8. The van der Waals surface area contributed by atoms with E-state index < -0.39 is 28.7 Å². The number of thioether (sulfide) groups is 1. The van der Waals surface area contributed by atoms with Crippen LogP contribution in [0.5, 0.6) is 5.95 Å². The summed E-state index contributed by atoms with van der Waals surface area (Å²) in [6.45, 7) is 1.77. The molecule has 0 radical (unpaired) electrons. The van der Waals surface area contributed by atoms with Crippen molar-refractivity contribution in [2.45, 2.75) is 23.6 Å². The molecule has 0 saturated heterocycles. The molecule has 0 saturated carbocycles. The number of aromatic nitrogens is 2. The van der Waals surface area contributed by atoms with Crippen LogP contribution in [-0.4, -0.2) is 16.4 Å². The molecule has 1 heterocycles. The number of rotatable bonds is 6. The molecule has 27 heavy (non-hydrogen) atoms. The van der Waals surface area contributed by atoms with Gasteiger partial charge in [-0.1, -0.05) is 25.1 Å². The highest BCUT2D eigenvalue weighted by Crippen LogP contribution is 2.30. The Kier molecular flexibility index (Phi) is 5.70. The predicted molar refractivity (Wildman–Crippen MR) is 92.4 cm³/mol. The van der Waals surface area contributed by atoms with Crippen LogP contribution in [0.3, 0.4) is 0 Å². The first-order chi connectivity index (χ1) is 13.0. The summed E-state index contributed by atoms with van der Waals surface area (Å²) < 4.78 is 32.4. The number of benzene rings is 2.